The molecular weight excluding hydrogens is 488 g/mol. The van der Waals surface area contributed by atoms with Crippen LogP contribution < -0.4 is 16.0 Å². The van der Waals surface area contributed by atoms with E-state index < -0.39 is 17.2 Å². The van der Waals surface area contributed by atoms with Crippen molar-refractivity contribution in [1.29, 1.82) is 5.26 Å². The first-order valence-corrected chi connectivity index (χ1v) is 12.0. The molecule has 0 spiro atoms. The Kier molecular flexibility index (Phi) is 5.68. The van der Waals surface area contributed by atoms with Gasteiger partial charge in [-0.25, -0.2) is 14.2 Å². The Morgan fingerprint density at radius 3 is 2.74 bits per heavy atom. The van der Waals surface area contributed by atoms with E-state index in [9.17, 15) is 19.6 Å². The summed E-state index contributed by atoms with van der Waals surface area (Å²) in [5.74, 6) is 0.0843. The predicted octanol–water partition coefficient (Wildman–Crippen LogP) is 4.07. The smallest absolute Gasteiger partial charge is 0.348 e. The molecule has 0 amide bonds. The Labute approximate surface area is 205 Å². The number of aromatic amines is 1. The van der Waals surface area contributed by atoms with Gasteiger partial charge in [0.1, 0.15) is 15.3 Å². The fraction of sp³-hybridized carbons (Fsp3) is 0.125. The molecule has 0 radical (unpaired) electrons. The number of carbonyl (C=O) groups excluding carboxylic acids is 1. The Bertz CT molecular complexity index is 1790. The molecule has 5 rings (SSSR count). The van der Waals surface area contributed by atoms with Gasteiger partial charge in [-0.1, -0.05) is 0 Å². The Morgan fingerprint density at radius 2 is 2.00 bits per heavy atom. The molecule has 5 aromatic rings. The number of thiophene rings is 2. The second-order valence-electron chi connectivity index (χ2n) is 7.36. The van der Waals surface area contributed by atoms with Gasteiger partial charge in [0.05, 0.1) is 47.5 Å². The predicted molar refractivity (Wildman–Crippen MR) is 134 cm³/mol. The fourth-order valence-electron chi connectivity index (χ4n) is 3.72. The lowest BCUT2D eigenvalue weighted by atomic mass is 10.1. The van der Waals surface area contributed by atoms with Gasteiger partial charge in [-0.3, -0.25) is 9.78 Å². The second-order valence-corrected chi connectivity index (χ2v) is 9.46. The van der Waals surface area contributed by atoms with Gasteiger partial charge in [0, 0.05) is 22.0 Å². The highest BCUT2D eigenvalue weighted by molar-refractivity contribution is 7.22. The van der Waals surface area contributed by atoms with Crippen LogP contribution in [0, 0.1) is 11.3 Å². The van der Waals surface area contributed by atoms with E-state index in [1.54, 1.807) is 43.5 Å². The first kappa shape index (κ1) is 22.5. The van der Waals surface area contributed by atoms with Crippen LogP contribution in [0.15, 0.2) is 52.3 Å². The maximum absolute atomic E-state index is 13.5. The van der Waals surface area contributed by atoms with Crippen LogP contribution in [-0.2, 0) is 4.74 Å². The maximum Gasteiger partial charge on any atom is 0.348 e. The van der Waals surface area contributed by atoms with E-state index in [4.69, 9.17) is 9.47 Å². The molecule has 0 atom stereocenters. The second kappa shape index (κ2) is 8.83. The van der Waals surface area contributed by atoms with E-state index in [-0.39, 0.29) is 12.3 Å². The summed E-state index contributed by atoms with van der Waals surface area (Å²) in [5.41, 5.74) is 0.479. The molecule has 4 heterocycles. The minimum atomic E-state index is -0.640. The van der Waals surface area contributed by atoms with Crippen molar-refractivity contribution in [3.05, 3.63) is 74.0 Å². The number of H-pyrrole nitrogens is 1. The summed E-state index contributed by atoms with van der Waals surface area (Å²) in [7, 11) is 1.53. The zero-order valence-electron chi connectivity index (χ0n) is 18.4. The summed E-state index contributed by atoms with van der Waals surface area (Å²) in [6.07, 6.45) is 2.98. The Balaban J connectivity index is 1.71. The van der Waals surface area contributed by atoms with Crippen LogP contribution in [0.1, 0.15) is 22.2 Å². The highest BCUT2D eigenvalue weighted by Gasteiger charge is 2.20. The normalized spacial score (nSPS) is 11.0. The van der Waals surface area contributed by atoms with Gasteiger partial charge in [0.2, 0.25) is 0 Å². The Morgan fingerprint density at radius 1 is 1.17 bits per heavy atom. The number of carbonyl (C=O) groups is 1. The molecule has 0 saturated carbocycles. The van der Waals surface area contributed by atoms with Crippen molar-refractivity contribution < 1.29 is 14.3 Å². The average Bonchev–Trinajstić information content (AvgIpc) is 3.49. The molecule has 0 aliphatic carbocycles. The van der Waals surface area contributed by atoms with Gasteiger partial charge >= 0.3 is 11.7 Å². The van der Waals surface area contributed by atoms with Gasteiger partial charge in [0.25, 0.3) is 5.56 Å². The molecule has 0 unspecified atom stereocenters. The molecule has 0 aliphatic rings. The first-order chi connectivity index (χ1) is 16.9. The van der Waals surface area contributed by atoms with Crippen molar-refractivity contribution in [2.24, 2.45) is 0 Å². The lowest BCUT2D eigenvalue weighted by molar-refractivity contribution is 0.0532. The minimum absolute atomic E-state index is 0.232. The SMILES string of the molecule is CCOC(=O)c1cc2cncc(-n3c(=O)[nH]c4cc(-c5cc(OC)ccc5C#N)sc4c3=O)c2s1. The molecule has 11 heteroatoms. The molecule has 0 saturated heterocycles. The summed E-state index contributed by atoms with van der Waals surface area (Å²) in [6.45, 7) is 1.95. The van der Waals surface area contributed by atoms with E-state index in [1.807, 2.05) is 0 Å². The van der Waals surface area contributed by atoms with Gasteiger partial charge in [-0.15, -0.1) is 22.7 Å². The van der Waals surface area contributed by atoms with Crippen LogP contribution in [-0.4, -0.2) is 34.2 Å². The van der Waals surface area contributed by atoms with Gasteiger partial charge in [-0.2, -0.15) is 5.26 Å². The Hall–Kier alpha value is -4.27. The number of pyridine rings is 1. The van der Waals surface area contributed by atoms with E-state index in [1.165, 1.54) is 13.3 Å². The zero-order valence-corrected chi connectivity index (χ0v) is 20.1. The largest absolute Gasteiger partial charge is 0.497 e. The molecule has 1 N–H and O–H groups in total. The first-order valence-electron chi connectivity index (χ1n) is 10.4. The van der Waals surface area contributed by atoms with Crippen LogP contribution in [0.5, 0.6) is 5.75 Å². The number of rotatable bonds is 5. The van der Waals surface area contributed by atoms with Crippen molar-refractivity contribution in [3.63, 3.8) is 0 Å². The number of benzene rings is 1. The molecule has 174 valence electrons. The summed E-state index contributed by atoms with van der Waals surface area (Å²) in [6, 6.07) is 10.5. The number of nitriles is 1. The number of esters is 1. The minimum Gasteiger partial charge on any atom is -0.497 e. The molecule has 0 bridgehead atoms. The lowest BCUT2D eigenvalue weighted by Crippen LogP contribution is -2.33. The van der Waals surface area contributed by atoms with E-state index >= 15 is 0 Å². The quantitative estimate of drug-likeness (QED) is 0.357. The van der Waals surface area contributed by atoms with Gasteiger partial charge in [0.15, 0.2) is 0 Å². The van der Waals surface area contributed by atoms with E-state index in [0.29, 0.717) is 46.9 Å². The monoisotopic (exact) mass is 504 g/mol. The van der Waals surface area contributed by atoms with Crippen LogP contribution in [0.25, 0.3) is 36.4 Å². The number of hydrogen-bond acceptors (Lipinski definition) is 9. The third-order valence-electron chi connectivity index (χ3n) is 5.31. The molecule has 9 nitrogen and oxygen atoms in total. The third kappa shape index (κ3) is 3.78. The van der Waals surface area contributed by atoms with Gasteiger partial charge < -0.3 is 14.5 Å². The van der Waals surface area contributed by atoms with Crippen LogP contribution >= 0.6 is 22.7 Å². The van der Waals surface area contributed by atoms with Crippen molar-refractivity contribution in [2.75, 3.05) is 13.7 Å². The van der Waals surface area contributed by atoms with E-state index in [0.717, 1.165) is 27.2 Å². The maximum atomic E-state index is 13.5. The number of aromatic nitrogens is 3. The number of ether oxygens (including phenoxy) is 2. The molecule has 0 aliphatic heterocycles. The number of nitrogens with zero attached hydrogens (tertiary/aromatic N) is 3. The van der Waals surface area contributed by atoms with Crippen LogP contribution in [0.2, 0.25) is 0 Å². The molecule has 4 aromatic heterocycles. The topological polar surface area (TPSA) is 127 Å². The summed E-state index contributed by atoms with van der Waals surface area (Å²) in [4.78, 5) is 46.7. The lowest BCUT2D eigenvalue weighted by Gasteiger charge is -2.05. The number of nitrogens with one attached hydrogen (secondary N) is 1. The van der Waals surface area contributed by atoms with E-state index in [2.05, 4.69) is 16.0 Å². The summed E-state index contributed by atoms with van der Waals surface area (Å²) < 4.78 is 12.2. The van der Waals surface area contributed by atoms with Crippen molar-refractivity contribution in [2.45, 2.75) is 6.92 Å². The van der Waals surface area contributed by atoms with Crippen molar-refractivity contribution in [3.8, 4) is 27.9 Å². The summed E-state index contributed by atoms with van der Waals surface area (Å²) in [5, 5.41) is 10.2. The fourth-order valence-corrected chi connectivity index (χ4v) is 5.82. The van der Waals surface area contributed by atoms with Gasteiger partial charge in [-0.05, 0) is 37.3 Å². The van der Waals surface area contributed by atoms with Crippen LogP contribution in [0.4, 0.5) is 0 Å². The summed E-state index contributed by atoms with van der Waals surface area (Å²) >= 11 is 2.29. The molecular formula is C24H16N4O5S2. The van der Waals surface area contributed by atoms with Crippen LogP contribution in [0.3, 0.4) is 0 Å². The average molecular weight is 505 g/mol. The third-order valence-corrected chi connectivity index (χ3v) is 7.62. The van der Waals surface area contributed by atoms with Crippen molar-refractivity contribution >= 4 is 48.9 Å². The van der Waals surface area contributed by atoms with Crippen molar-refractivity contribution in [1.82, 2.24) is 14.5 Å². The number of hydrogen-bond donors (Lipinski definition) is 1. The number of fused-ring (bicyclic) bond motifs is 2. The zero-order chi connectivity index (χ0) is 24.7. The molecule has 1 aromatic carbocycles. The molecule has 35 heavy (non-hydrogen) atoms. The molecule has 0 fully saturated rings. The number of methoxy groups -OCH3 is 1. The highest BCUT2D eigenvalue weighted by atomic mass is 32.1. The standard InChI is InChI=1S/C24H16N4O5S2/c1-3-33-23(30)19-6-13-10-26-11-17(20(13)35-19)28-22(29)21-16(27-24(28)31)8-18(34-21)15-7-14(32-2)5-4-12(15)9-25/h4-8,10-11H,3H2,1-2H3,(H,27,31). The highest BCUT2D eigenvalue weighted by Crippen LogP contribution is 2.35.